The molecular formula is C35H46NOP. The lowest BCUT2D eigenvalue weighted by molar-refractivity contribution is 0.101. The third kappa shape index (κ3) is 14.6. The predicted molar refractivity (Wildman–Crippen MR) is 173 cm³/mol. The van der Waals surface area contributed by atoms with E-state index in [-0.39, 0.29) is 5.78 Å². The highest BCUT2D eigenvalue weighted by Gasteiger charge is 1.97. The summed E-state index contributed by atoms with van der Waals surface area (Å²) >= 11 is 0. The van der Waals surface area contributed by atoms with Gasteiger partial charge in [-0.25, -0.2) is 0 Å². The van der Waals surface area contributed by atoms with Crippen molar-refractivity contribution < 1.29 is 4.79 Å². The Morgan fingerprint density at radius 1 is 0.816 bits per heavy atom. The van der Waals surface area contributed by atoms with E-state index in [4.69, 9.17) is 0 Å². The molecule has 3 rings (SSSR count). The molecule has 38 heavy (non-hydrogen) atoms. The van der Waals surface area contributed by atoms with Gasteiger partial charge in [-0.3, -0.25) is 9.79 Å². The Morgan fingerprint density at radius 3 is 1.82 bits per heavy atom. The summed E-state index contributed by atoms with van der Waals surface area (Å²) in [5, 5.41) is 1.25. The first-order valence-corrected chi connectivity index (χ1v) is 14.1. The molecule has 0 aromatic heterocycles. The second-order valence-electron chi connectivity index (χ2n) is 9.59. The maximum Gasteiger partial charge on any atom is 0.159 e. The molecule has 3 heteroatoms. The van der Waals surface area contributed by atoms with Gasteiger partial charge in [-0.1, -0.05) is 117 Å². The number of rotatable bonds is 9. The first-order chi connectivity index (χ1) is 18.2. The molecule has 0 saturated heterocycles. The quantitative estimate of drug-likeness (QED) is 0.118. The number of allylic oxidation sites excluding steroid dienone is 2. The fourth-order valence-corrected chi connectivity index (χ4v) is 3.57. The number of aryl methyl sites for hydroxylation is 3. The Bertz CT molecular complexity index is 1130. The van der Waals surface area contributed by atoms with Gasteiger partial charge in [-0.15, -0.1) is 9.24 Å². The van der Waals surface area contributed by atoms with Crippen LogP contribution in [-0.4, -0.2) is 11.5 Å². The summed E-state index contributed by atoms with van der Waals surface area (Å²) in [6.07, 6.45) is 9.58. The lowest BCUT2D eigenvalue weighted by Gasteiger charge is -2.00. The summed E-state index contributed by atoms with van der Waals surface area (Å²) in [5.74, 6) is 0.137. The van der Waals surface area contributed by atoms with E-state index in [1.165, 1.54) is 40.5 Å². The number of carbonyl (C=O) groups is 1. The number of carbonyl (C=O) groups excluding carboxylic acids is 1. The van der Waals surface area contributed by atoms with Crippen molar-refractivity contribution in [2.75, 3.05) is 0 Å². The lowest BCUT2D eigenvalue weighted by Crippen LogP contribution is -1.91. The minimum absolute atomic E-state index is 0.137. The first kappa shape index (κ1) is 32.9. The van der Waals surface area contributed by atoms with Crippen LogP contribution < -0.4 is 5.30 Å². The second-order valence-corrected chi connectivity index (χ2v) is 10.3. The summed E-state index contributed by atoms with van der Waals surface area (Å²) in [7, 11) is 2.65. The fourth-order valence-electron chi connectivity index (χ4n) is 3.38. The third-order valence-electron chi connectivity index (χ3n) is 5.86. The number of aliphatic imine (C=N–C) groups is 1. The smallest absolute Gasteiger partial charge is 0.159 e. The van der Waals surface area contributed by atoms with E-state index >= 15 is 0 Å². The lowest BCUT2D eigenvalue weighted by atomic mass is 10.1. The van der Waals surface area contributed by atoms with Crippen LogP contribution in [0.5, 0.6) is 0 Å². The summed E-state index contributed by atoms with van der Waals surface area (Å²) in [6, 6.07) is 24.6. The summed E-state index contributed by atoms with van der Waals surface area (Å²) < 4.78 is 0. The molecule has 0 saturated carbocycles. The molecule has 0 aliphatic rings. The number of hydrogen-bond donors (Lipinski definition) is 0. The Hall–Kier alpha value is -3.09. The van der Waals surface area contributed by atoms with Crippen molar-refractivity contribution in [1.29, 1.82) is 0 Å². The van der Waals surface area contributed by atoms with Crippen molar-refractivity contribution in [2.24, 2.45) is 4.99 Å². The number of hydrogen-bond acceptors (Lipinski definition) is 2. The van der Waals surface area contributed by atoms with Crippen molar-refractivity contribution in [1.82, 2.24) is 0 Å². The van der Waals surface area contributed by atoms with Crippen molar-refractivity contribution >= 4 is 31.6 Å². The summed E-state index contributed by atoms with van der Waals surface area (Å²) in [6.45, 7) is 16.3. The van der Waals surface area contributed by atoms with Crippen molar-refractivity contribution in [3.63, 3.8) is 0 Å². The van der Waals surface area contributed by atoms with Gasteiger partial charge in [0.05, 0.1) is 0 Å². The molecule has 3 aromatic rings. The highest BCUT2D eigenvalue weighted by Crippen LogP contribution is 2.14. The third-order valence-corrected chi connectivity index (χ3v) is 6.25. The van der Waals surface area contributed by atoms with Gasteiger partial charge in [0.15, 0.2) is 5.78 Å². The van der Waals surface area contributed by atoms with Crippen LogP contribution in [0.15, 0.2) is 96.6 Å². The van der Waals surface area contributed by atoms with Gasteiger partial charge in [0, 0.05) is 17.5 Å². The van der Waals surface area contributed by atoms with Gasteiger partial charge in [0.1, 0.15) is 0 Å². The van der Waals surface area contributed by atoms with E-state index in [0.29, 0.717) is 0 Å². The molecule has 0 fully saturated rings. The molecule has 0 heterocycles. The van der Waals surface area contributed by atoms with Crippen LogP contribution in [0.2, 0.25) is 0 Å². The van der Waals surface area contributed by atoms with Crippen LogP contribution >= 0.6 is 9.24 Å². The van der Waals surface area contributed by atoms with Gasteiger partial charge in [-0.2, -0.15) is 0 Å². The standard InChI is InChI=1S/C17H23N.C11H14O.C7H9P/c1-5-6-7-16(4)18-13-12-15(3)17-10-8-14(2)9-11-17;1-3-4-10-5-7-11(8-6-10)9(2)12;1-6-2-4-7(8)5-3-6/h8-13H,3,5-7H2,1-2,4H3;5-8H,3-4H2,1-2H3;2-5H,8H2,1H3/b13-12-,18-16?;;. The second kappa shape index (κ2) is 19.0. The largest absolute Gasteiger partial charge is 0.295 e. The molecule has 3 aromatic carbocycles. The zero-order valence-corrected chi connectivity index (χ0v) is 25.4. The first-order valence-electron chi connectivity index (χ1n) is 13.5. The van der Waals surface area contributed by atoms with Gasteiger partial charge < -0.3 is 0 Å². The number of benzene rings is 3. The van der Waals surface area contributed by atoms with Crippen molar-refractivity contribution in [2.45, 2.75) is 73.6 Å². The number of ketones is 1. The zero-order chi connectivity index (χ0) is 28.3. The average Bonchev–Trinajstić information content (AvgIpc) is 2.91. The van der Waals surface area contributed by atoms with Crippen LogP contribution in [0.1, 0.15) is 86.0 Å². The molecule has 0 bridgehead atoms. The molecule has 0 aliphatic carbocycles. The fraction of sp³-hybridized carbons (Fsp3) is 0.314. The van der Waals surface area contributed by atoms with E-state index < -0.39 is 0 Å². The maximum absolute atomic E-state index is 10.9. The molecular weight excluding hydrogens is 481 g/mol. The molecule has 0 amide bonds. The van der Waals surface area contributed by atoms with Gasteiger partial charge in [0.25, 0.3) is 0 Å². The highest BCUT2D eigenvalue weighted by atomic mass is 31.0. The molecule has 1 atom stereocenters. The number of nitrogens with zero attached hydrogens (tertiary/aromatic N) is 1. The molecule has 1 unspecified atom stereocenters. The van der Waals surface area contributed by atoms with Gasteiger partial charge in [0.2, 0.25) is 0 Å². The SMILES string of the molecule is C=C(/C=C\N=C(C)CCCC)c1ccc(C)cc1.CCCc1ccc(C(C)=O)cc1.Cc1ccc(P)cc1. The van der Waals surface area contributed by atoms with Crippen LogP contribution in [0.3, 0.4) is 0 Å². The van der Waals surface area contributed by atoms with E-state index in [1.807, 2.05) is 36.5 Å². The molecule has 0 aliphatic heterocycles. The maximum atomic E-state index is 10.9. The minimum atomic E-state index is 0.137. The number of unbranched alkanes of at least 4 members (excludes halogenated alkanes) is 1. The van der Waals surface area contributed by atoms with Crippen LogP contribution in [0.25, 0.3) is 5.57 Å². The molecule has 0 spiro atoms. The van der Waals surface area contributed by atoms with Crippen LogP contribution in [0.4, 0.5) is 0 Å². The Balaban J connectivity index is 0.000000309. The molecule has 0 N–H and O–H groups in total. The summed E-state index contributed by atoms with van der Waals surface area (Å²) in [4.78, 5) is 15.3. The van der Waals surface area contributed by atoms with Crippen LogP contribution in [0, 0.1) is 13.8 Å². The van der Waals surface area contributed by atoms with Crippen LogP contribution in [-0.2, 0) is 6.42 Å². The van der Waals surface area contributed by atoms with Crippen molar-refractivity contribution in [3.8, 4) is 0 Å². The number of Topliss-reactive ketones (excluding diaryl/α,β-unsaturated/α-hetero) is 1. The van der Waals surface area contributed by atoms with E-state index in [1.54, 1.807) is 6.92 Å². The normalized spacial score (nSPS) is 10.8. The van der Waals surface area contributed by atoms with Gasteiger partial charge >= 0.3 is 0 Å². The molecule has 0 radical (unpaired) electrons. The Labute approximate surface area is 234 Å². The minimum Gasteiger partial charge on any atom is -0.295 e. The van der Waals surface area contributed by atoms with Gasteiger partial charge in [-0.05, 0) is 75.0 Å². The average molecular weight is 528 g/mol. The summed E-state index contributed by atoms with van der Waals surface area (Å²) in [5.41, 5.74) is 8.03. The predicted octanol–water partition coefficient (Wildman–Crippen LogP) is 9.51. The zero-order valence-electron chi connectivity index (χ0n) is 24.3. The Kier molecular flexibility index (Phi) is 16.5. The van der Waals surface area contributed by atoms with Crippen molar-refractivity contribution in [3.05, 3.63) is 119 Å². The Morgan fingerprint density at radius 2 is 1.34 bits per heavy atom. The topological polar surface area (TPSA) is 29.4 Å². The molecule has 202 valence electrons. The monoisotopic (exact) mass is 527 g/mol. The van der Waals surface area contributed by atoms with E-state index in [0.717, 1.165) is 36.0 Å². The van der Waals surface area contributed by atoms with E-state index in [9.17, 15) is 4.79 Å². The highest BCUT2D eigenvalue weighted by molar-refractivity contribution is 7.27. The molecule has 2 nitrogen and oxygen atoms in total. The van der Waals surface area contributed by atoms with E-state index in [2.05, 4.69) is 104 Å².